The van der Waals surface area contributed by atoms with Crippen molar-refractivity contribution in [3.8, 4) is 32.8 Å². The monoisotopic (exact) mass is 559 g/mol. The van der Waals surface area contributed by atoms with Crippen molar-refractivity contribution < 1.29 is 14.6 Å². The van der Waals surface area contributed by atoms with Crippen LogP contribution in [0, 0.1) is 6.92 Å². The van der Waals surface area contributed by atoms with Gasteiger partial charge in [0.1, 0.15) is 5.01 Å². The summed E-state index contributed by atoms with van der Waals surface area (Å²) in [6.07, 6.45) is 1.98. The number of hydrogen-bond acceptors (Lipinski definition) is 6. The van der Waals surface area contributed by atoms with Crippen LogP contribution >= 0.6 is 22.9 Å². The van der Waals surface area contributed by atoms with E-state index in [1.807, 2.05) is 70.2 Å². The molecule has 5 aromatic rings. The number of hydrogen-bond donors (Lipinski definition) is 2. The highest BCUT2D eigenvalue weighted by Crippen LogP contribution is 2.44. The molecule has 0 aliphatic rings. The number of fused-ring (bicyclic) bond motifs is 1. The van der Waals surface area contributed by atoms with Crippen LogP contribution in [-0.4, -0.2) is 31.6 Å². The zero-order chi connectivity index (χ0) is 27.9. The normalized spacial score (nSPS) is 12.5. The summed E-state index contributed by atoms with van der Waals surface area (Å²) in [5.74, 6) is -1.06. The number of benzene rings is 3. The molecule has 3 aromatic carbocycles. The maximum absolute atomic E-state index is 12.5. The number of H-pyrrole nitrogens is 1. The fraction of sp³-hybridized carbons (Fsp3) is 0.200. The lowest BCUT2D eigenvalue weighted by atomic mass is 9.91. The average molecular weight is 560 g/mol. The highest BCUT2D eigenvalue weighted by atomic mass is 35.5. The molecule has 2 N–H and O–H groups in total. The van der Waals surface area contributed by atoms with Gasteiger partial charge in [0.2, 0.25) is 0 Å². The van der Waals surface area contributed by atoms with Gasteiger partial charge < -0.3 is 14.8 Å². The molecular formula is C30H26ClN3O4S. The van der Waals surface area contributed by atoms with Crippen LogP contribution in [0.3, 0.4) is 0 Å². The lowest BCUT2D eigenvalue weighted by Crippen LogP contribution is -2.28. The maximum atomic E-state index is 12.5. The summed E-state index contributed by atoms with van der Waals surface area (Å²) in [6.45, 7) is 7.41. The van der Waals surface area contributed by atoms with Crippen molar-refractivity contribution in [1.29, 1.82) is 0 Å². The number of aromatic nitrogens is 3. The van der Waals surface area contributed by atoms with Gasteiger partial charge in [-0.1, -0.05) is 41.9 Å². The number of rotatable bonds is 6. The number of carboxylic acid groups (broad SMARTS) is 1. The molecule has 2 heterocycles. The molecule has 7 nitrogen and oxygen atoms in total. The molecule has 5 rings (SSSR count). The van der Waals surface area contributed by atoms with Gasteiger partial charge in [-0.2, -0.15) is 0 Å². The van der Waals surface area contributed by atoms with E-state index in [2.05, 4.69) is 9.97 Å². The number of carbonyl (C=O) groups is 1. The summed E-state index contributed by atoms with van der Waals surface area (Å²) in [5.41, 5.74) is 5.19. The summed E-state index contributed by atoms with van der Waals surface area (Å²) in [7, 11) is 0. The molecule has 0 aliphatic carbocycles. The molecule has 0 saturated carbocycles. The zero-order valence-corrected chi connectivity index (χ0v) is 23.4. The summed E-state index contributed by atoms with van der Waals surface area (Å²) in [4.78, 5) is 35.3. The summed E-state index contributed by atoms with van der Waals surface area (Å²) >= 11 is 7.68. The van der Waals surface area contributed by atoms with E-state index in [0.29, 0.717) is 10.6 Å². The highest BCUT2D eigenvalue weighted by Gasteiger charge is 2.32. The van der Waals surface area contributed by atoms with Crippen molar-refractivity contribution in [2.75, 3.05) is 0 Å². The van der Waals surface area contributed by atoms with E-state index in [-0.39, 0.29) is 0 Å². The van der Waals surface area contributed by atoms with Crippen molar-refractivity contribution >= 4 is 39.1 Å². The van der Waals surface area contributed by atoms with Gasteiger partial charge in [0, 0.05) is 39.7 Å². The Kier molecular flexibility index (Phi) is 7.11. The van der Waals surface area contributed by atoms with Crippen LogP contribution in [0.25, 0.3) is 43.0 Å². The minimum atomic E-state index is -1.18. The van der Waals surface area contributed by atoms with E-state index in [1.54, 1.807) is 18.3 Å². The summed E-state index contributed by atoms with van der Waals surface area (Å²) in [6, 6.07) is 17.1. The third-order valence-corrected chi connectivity index (χ3v) is 7.52. The van der Waals surface area contributed by atoms with Gasteiger partial charge in [0.25, 0.3) is 0 Å². The van der Waals surface area contributed by atoms with Crippen LogP contribution < -0.4 is 5.69 Å². The van der Waals surface area contributed by atoms with Gasteiger partial charge in [-0.25, -0.2) is 19.6 Å². The first-order valence-corrected chi connectivity index (χ1v) is 13.5. The van der Waals surface area contributed by atoms with E-state index in [9.17, 15) is 14.7 Å². The third-order valence-electron chi connectivity index (χ3n) is 6.13. The molecule has 1 unspecified atom stereocenters. The molecule has 0 amide bonds. The second-order valence-corrected chi connectivity index (χ2v) is 11.6. The lowest BCUT2D eigenvalue weighted by Gasteiger charge is -2.28. The van der Waals surface area contributed by atoms with Gasteiger partial charge in [-0.3, -0.25) is 0 Å². The first-order valence-electron chi connectivity index (χ1n) is 12.3. The van der Waals surface area contributed by atoms with Gasteiger partial charge in [-0.05, 0) is 68.7 Å². The fourth-order valence-corrected chi connectivity index (χ4v) is 5.74. The fourth-order valence-electron chi connectivity index (χ4n) is 4.49. The van der Waals surface area contributed by atoms with Gasteiger partial charge in [-0.15, -0.1) is 11.3 Å². The van der Waals surface area contributed by atoms with Crippen LogP contribution in [0.2, 0.25) is 5.02 Å². The highest BCUT2D eigenvalue weighted by molar-refractivity contribution is 7.22. The molecule has 0 fully saturated rings. The molecule has 0 saturated heterocycles. The topological polar surface area (TPSA) is 105 Å². The second-order valence-electron chi connectivity index (χ2n) is 10.2. The summed E-state index contributed by atoms with van der Waals surface area (Å²) in [5, 5.41) is 11.6. The van der Waals surface area contributed by atoms with Gasteiger partial charge in [0.15, 0.2) is 6.10 Å². The Hall–Kier alpha value is -3.85. The quantitative estimate of drug-likeness (QED) is 0.226. The molecule has 0 bridgehead atoms. The molecule has 1 atom stereocenters. The lowest BCUT2D eigenvalue weighted by molar-refractivity contribution is -0.160. The van der Waals surface area contributed by atoms with Gasteiger partial charge in [0.05, 0.1) is 15.8 Å². The molecular weight excluding hydrogens is 534 g/mol. The number of nitrogens with zero attached hydrogens (tertiary/aromatic N) is 2. The maximum Gasteiger partial charge on any atom is 0.344 e. The van der Waals surface area contributed by atoms with Crippen LogP contribution in [0.1, 0.15) is 38.0 Å². The SMILES string of the molecule is Cc1cc2nc(-c3cccc(-c4cnc(=O)[nH]c4)c3)sc2c(-c2ccc(Cl)cc2)c1C(OC(C)(C)C)C(=O)O. The van der Waals surface area contributed by atoms with Crippen molar-refractivity contribution in [3.05, 3.63) is 93.6 Å². The van der Waals surface area contributed by atoms with E-state index >= 15 is 0 Å². The number of carboxylic acids is 1. The van der Waals surface area contributed by atoms with Crippen molar-refractivity contribution in [2.45, 2.75) is 39.4 Å². The minimum absolute atomic E-state index is 0.405. The number of aliphatic carboxylic acids is 1. The van der Waals surface area contributed by atoms with Crippen molar-refractivity contribution in [3.63, 3.8) is 0 Å². The molecule has 198 valence electrons. The van der Waals surface area contributed by atoms with Crippen molar-refractivity contribution in [1.82, 2.24) is 15.0 Å². The zero-order valence-electron chi connectivity index (χ0n) is 21.8. The van der Waals surface area contributed by atoms with E-state index in [4.69, 9.17) is 21.3 Å². The average Bonchev–Trinajstić information content (AvgIpc) is 3.31. The van der Waals surface area contributed by atoms with E-state index in [1.165, 1.54) is 17.5 Å². The number of thiazole rings is 1. The standard InChI is InChI=1S/C30H26ClN3O4S/c1-16-12-22-26(39-27(34-22)19-7-5-6-18(13-19)20-14-32-29(37)33-15-20)24(17-8-10-21(31)11-9-17)23(16)25(28(35)36)38-30(2,3)4/h5-15,25H,1-4H3,(H,35,36)(H,32,33,37). The Morgan fingerprint density at radius 3 is 2.41 bits per heavy atom. The second kappa shape index (κ2) is 10.4. The number of aryl methyl sites for hydroxylation is 1. The van der Waals surface area contributed by atoms with Crippen LogP contribution in [0.15, 0.2) is 71.8 Å². The Balaban J connectivity index is 1.73. The Morgan fingerprint density at radius 2 is 1.77 bits per heavy atom. The molecule has 0 spiro atoms. The minimum Gasteiger partial charge on any atom is -0.479 e. The Bertz CT molecular complexity index is 1730. The predicted octanol–water partition coefficient (Wildman–Crippen LogP) is 7.28. The molecule has 9 heteroatoms. The van der Waals surface area contributed by atoms with Crippen LogP contribution in [0.4, 0.5) is 0 Å². The van der Waals surface area contributed by atoms with Crippen LogP contribution in [-0.2, 0) is 9.53 Å². The number of ether oxygens (including phenoxy) is 1. The molecule has 39 heavy (non-hydrogen) atoms. The van der Waals surface area contributed by atoms with E-state index in [0.717, 1.165) is 48.6 Å². The number of nitrogens with one attached hydrogen (secondary N) is 1. The summed E-state index contributed by atoms with van der Waals surface area (Å²) < 4.78 is 6.95. The molecule has 0 radical (unpaired) electrons. The van der Waals surface area contributed by atoms with Crippen molar-refractivity contribution in [2.24, 2.45) is 0 Å². The first kappa shape index (κ1) is 26.7. The smallest absolute Gasteiger partial charge is 0.344 e. The molecule has 0 aliphatic heterocycles. The number of aromatic amines is 1. The number of halogens is 1. The predicted molar refractivity (Wildman–Crippen MR) is 155 cm³/mol. The molecule has 2 aromatic heterocycles. The Morgan fingerprint density at radius 1 is 1.05 bits per heavy atom. The van der Waals surface area contributed by atoms with E-state index < -0.39 is 23.4 Å². The van der Waals surface area contributed by atoms with Crippen LogP contribution in [0.5, 0.6) is 0 Å². The Labute approximate surface area is 234 Å². The first-order chi connectivity index (χ1) is 18.5. The third kappa shape index (κ3) is 5.63. The largest absolute Gasteiger partial charge is 0.479 e. The van der Waals surface area contributed by atoms with Gasteiger partial charge >= 0.3 is 11.7 Å².